The Morgan fingerprint density at radius 1 is 1.37 bits per heavy atom. The van der Waals surface area contributed by atoms with Crippen molar-refractivity contribution >= 4 is 12.1 Å². The molecule has 0 aromatic heterocycles. The van der Waals surface area contributed by atoms with Gasteiger partial charge in [-0.15, -0.1) is 0 Å². The van der Waals surface area contributed by atoms with E-state index in [9.17, 15) is 9.59 Å². The van der Waals surface area contributed by atoms with Gasteiger partial charge in [0.05, 0.1) is 32.9 Å². The maximum atomic E-state index is 11.9. The van der Waals surface area contributed by atoms with E-state index in [4.69, 9.17) is 14.6 Å². The third-order valence-electron chi connectivity index (χ3n) is 2.49. The number of carbonyl (C=O) groups is 2. The number of methoxy groups -OCH3 is 1. The molecule has 0 aliphatic carbocycles. The Kier molecular flexibility index (Phi) is 5.13. The number of amides is 1. The molecule has 1 aliphatic rings. The number of esters is 1. The number of rotatable bonds is 2. The van der Waals surface area contributed by atoms with Crippen LogP contribution in [0.3, 0.4) is 0 Å². The third-order valence-corrected chi connectivity index (χ3v) is 2.49. The number of carbonyl (C=O) groups excluding carboxylic acids is 2. The first-order valence-corrected chi connectivity index (χ1v) is 6.09. The van der Waals surface area contributed by atoms with E-state index in [0.29, 0.717) is 0 Å². The molecule has 0 unspecified atom stereocenters. The van der Waals surface area contributed by atoms with Gasteiger partial charge in [-0.25, -0.2) is 9.59 Å². The fourth-order valence-corrected chi connectivity index (χ4v) is 1.68. The average Bonchev–Trinajstić information content (AvgIpc) is 2.35. The van der Waals surface area contributed by atoms with Crippen LogP contribution in [0.5, 0.6) is 0 Å². The summed E-state index contributed by atoms with van der Waals surface area (Å²) in [4.78, 5) is 24.8. The van der Waals surface area contributed by atoms with Gasteiger partial charge in [-0.2, -0.15) is 0 Å². The molecule has 1 amide bonds. The molecule has 1 N–H and O–H groups in total. The summed E-state index contributed by atoms with van der Waals surface area (Å²) in [6.07, 6.45) is -2.06. The van der Waals surface area contributed by atoms with E-state index in [0.717, 1.165) is 0 Å². The van der Waals surface area contributed by atoms with Crippen molar-refractivity contribution in [2.45, 2.75) is 38.6 Å². The molecule has 19 heavy (non-hydrogen) atoms. The molecule has 7 nitrogen and oxygen atoms in total. The number of ether oxygens (including phenoxy) is 3. The molecule has 0 saturated carbocycles. The van der Waals surface area contributed by atoms with Crippen molar-refractivity contribution in [1.29, 1.82) is 0 Å². The second-order valence-corrected chi connectivity index (χ2v) is 5.34. The standard InChI is InChI=1S/C12H21NO6/c1-12(2,3)19-11(16)13-5-8(7-14)18-9(6-13)10(15)17-4/h8-9,14H,5-7H2,1-4H3/t8-,9+/m0/s1. The van der Waals surface area contributed by atoms with Crippen molar-refractivity contribution in [3.63, 3.8) is 0 Å². The predicted molar refractivity (Wildman–Crippen MR) is 65.6 cm³/mol. The monoisotopic (exact) mass is 275 g/mol. The SMILES string of the molecule is COC(=O)[C@H]1CN(C(=O)OC(C)(C)C)C[C@@H](CO)O1. The lowest BCUT2D eigenvalue weighted by Crippen LogP contribution is -2.54. The number of morpholine rings is 1. The van der Waals surface area contributed by atoms with Crippen LogP contribution < -0.4 is 0 Å². The fourth-order valence-electron chi connectivity index (χ4n) is 1.68. The van der Waals surface area contributed by atoms with Crippen molar-refractivity contribution in [2.75, 3.05) is 26.8 Å². The van der Waals surface area contributed by atoms with Crippen molar-refractivity contribution in [3.8, 4) is 0 Å². The zero-order valence-corrected chi connectivity index (χ0v) is 11.7. The molecule has 0 radical (unpaired) electrons. The fraction of sp³-hybridized carbons (Fsp3) is 0.833. The molecule has 0 bridgehead atoms. The van der Waals surface area contributed by atoms with Crippen LogP contribution in [0, 0.1) is 0 Å². The van der Waals surface area contributed by atoms with Gasteiger partial charge in [0.2, 0.25) is 0 Å². The first-order valence-electron chi connectivity index (χ1n) is 6.09. The molecule has 7 heteroatoms. The van der Waals surface area contributed by atoms with Crippen LogP contribution in [-0.2, 0) is 19.0 Å². The highest BCUT2D eigenvalue weighted by Gasteiger charge is 2.36. The summed E-state index contributed by atoms with van der Waals surface area (Å²) in [6, 6.07) is 0. The molecule has 1 heterocycles. The molecule has 1 aliphatic heterocycles. The first-order chi connectivity index (χ1) is 8.76. The molecule has 2 atom stereocenters. The Labute approximate surface area is 112 Å². The van der Waals surface area contributed by atoms with Crippen LogP contribution in [0.15, 0.2) is 0 Å². The Hall–Kier alpha value is -1.34. The first kappa shape index (κ1) is 15.7. The van der Waals surface area contributed by atoms with Crippen molar-refractivity contribution in [3.05, 3.63) is 0 Å². The molecular weight excluding hydrogens is 254 g/mol. The number of nitrogens with zero attached hydrogens (tertiary/aromatic N) is 1. The maximum absolute atomic E-state index is 11.9. The largest absolute Gasteiger partial charge is 0.467 e. The van der Waals surface area contributed by atoms with Gasteiger partial charge in [0.15, 0.2) is 6.10 Å². The van der Waals surface area contributed by atoms with Gasteiger partial charge in [0, 0.05) is 0 Å². The molecule has 1 saturated heterocycles. The highest BCUT2D eigenvalue weighted by atomic mass is 16.6. The van der Waals surface area contributed by atoms with Crippen LogP contribution in [0.4, 0.5) is 4.79 Å². The van der Waals surface area contributed by atoms with Crippen LogP contribution in [0.25, 0.3) is 0 Å². The van der Waals surface area contributed by atoms with Crippen molar-refractivity contribution in [1.82, 2.24) is 4.90 Å². The van der Waals surface area contributed by atoms with E-state index >= 15 is 0 Å². The van der Waals surface area contributed by atoms with E-state index in [2.05, 4.69) is 4.74 Å². The quantitative estimate of drug-likeness (QED) is 0.722. The number of aliphatic hydroxyl groups excluding tert-OH is 1. The Balaban J connectivity index is 2.71. The van der Waals surface area contributed by atoms with Crippen LogP contribution >= 0.6 is 0 Å². The number of hydrogen-bond donors (Lipinski definition) is 1. The number of hydrogen-bond acceptors (Lipinski definition) is 6. The third kappa shape index (κ3) is 4.68. The normalized spacial score (nSPS) is 23.9. The highest BCUT2D eigenvalue weighted by Crippen LogP contribution is 2.16. The van der Waals surface area contributed by atoms with E-state index in [1.807, 2.05) is 0 Å². The van der Waals surface area contributed by atoms with Gasteiger partial charge in [-0.1, -0.05) is 0 Å². The van der Waals surface area contributed by atoms with E-state index < -0.39 is 29.9 Å². The molecule has 1 rings (SSSR count). The summed E-state index contributed by atoms with van der Waals surface area (Å²) in [5.74, 6) is -0.577. The topological polar surface area (TPSA) is 85.3 Å². The smallest absolute Gasteiger partial charge is 0.410 e. The summed E-state index contributed by atoms with van der Waals surface area (Å²) < 4.78 is 15.1. The van der Waals surface area contributed by atoms with Gasteiger partial charge in [0.1, 0.15) is 5.60 Å². The molecule has 0 aromatic rings. The molecular formula is C12H21NO6. The number of aliphatic hydroxyl groups is 1. The Morgan fingerprint density at radius 2 is 2.00 bits per heavy atom. The minimum absolute atomic E-state index is 0.0537. The van der Waals surface area contributed by atoms with Gasteiger partial charge < -0.3 is 24.2 Å². The molecule has 110 valence electrons. The van der Waals surface area contributed by atoms with Crippen molar-refractivity contribution < 1.29 is 28.9 Å². The van der Waals surface area contributed by atoms with Crippen LogP contribution in [0.2, 0.25) is 0 Å². The maximum Gasteiger partial charge on any atom is 0.410 e. The lowest BCUT2D eigenvalue weighted by atomic mass is 10.2. The van der Waals surface area contributed by atoms with Crippen LogP contribution in [0.1, 0.15) is 20.8 Å². The van der Waals surface area contributed by atoms with Crippen LogP contribution in [-0.4, -0.2) is 66.7 Å². The summed E-state index contributed by atoms with van der Waals surface area (Å²) in [5, 5.41) is 9.14. The van der Waals surface area contributed by atoms with E-state index in [-0.39, 0.29) is 19.7 Å². The second-order valence-electron chi connectivity index (χ2n) is 5.34. The lowest BCUT2D eigenvalue weighted by Gasteiger charge is -2.36. The minimum Gasteiger partial charge on any atom is -0.467 e. The zero-order chi connectivity index (χ0) is 14.6. The molecule has 0 spiro atoms. The van der Waals surface area contributed by atoms with Gasteiger partial charge in [-0.05, 0) is 20.8 Å². The minimum atomic E-state index is -0.900. The molecule has 1 fully saturated rings. The second kappa shape index (κ2) is 6.21. The summed E-state index contributed by atoms with van der Waals surface area (Å²) in [5.41, 5.74) is -0.620. The van der Waals surface area contributed by atoms with E-state index in [1.165, 1.54) is 12.0 Å². The van der Waals surface area contributed by atoms with Crippen molar-refractivity contribution in [2.24, 2.45) is 0 Å². The molecule has 0 aromatic carbocycles. The van der Waals surface area contributed by atoms with Gasteiger partial charge in [-0.3, -0.25) is 0 Å². The average molecular weight is 275 g/mol. The highest BCUT2D eigenvalue weighted by molar-refractivity contribution is 5.76. The van der Waals surface area contributed by atoms with Gasteiger partial charge >= 0.3 is 12.1 Å². The van der Waals surface area contributed by atoms with E-state index in [1.54, 1.807) is 20.8 Å². The zero-order valence-electron chi connectivity index (χ0n) is 11.7. The summed E-state index contributed by atoms with van der Waals surface area (Å²) >= 11 is 0. The predicted octanol–water partition coefficient (Wildman–Crippen LogP) is 0.156. The summed E-state index contributed by atoms with van der Waals surface area (Å²) in [7, 11) is 1.24. The van der Waals surface area contributed by atoms with Gasteiger partial charge in [0.25, 0.3) is 0 Å². The lowest BCUT2D eigenvalue weighted by molar-refractivity contribution is -0.169. The Morgan fingerprint density at radius 3 is 2.47 bits per heavy atom. The summed E-state index contributed by atoms with van der Waals surface area (Å²) in [6.45, 7) is 5.22. The Bertz CT molecular complexity index is 338.